The van der Waals surface area contributed by atoms with Crippen LogP contribution in [-0.4, -0.2) is 35.0 Å². The number of benzene rings is 2. The summed E-state index contributed by atoms with van der Waals surface area (Å²) in [7, 11) is 0. The number of hydrogen-bond acceptors (Lipinski definition) is 2. The summed E-state index contributed by atoms with van der Waals surface area (Å²) in [6.45, 7) is 5.14. The van der Waals surface area contributed by atoms with E-state index in [4.69, 9.17) is 0 Å². The number of nitrogens with zero attached hydrogens (tertiary/aromatic N) is 1. The van der Waals surface area contributed by atoms with Crippen molar-refractivity contribution in [2.24, 2.45) is 11.8 Å². The Kier molecular flexibility index (Phi) is 6.18. The van der Waals surface area contributed by atoms with Crippen LogP contribution in [-0.2, 0) is 21.4 Å². The number of amides is 1. The standard InChI is InChI=1S/C24H29NO3/c1-18(2)21(17-19-9-5-3-6-10-19)22(26)25-15-13-24(14-16-25,23(27)28)20-11-7-4-8-12-20/h3-12,18,21H,13-17H2,1-2H3,(H,27,28). The smallest absolute Gasteiger partial charge is 0.314 e. The molecule has 0 aliphatic carbocycles. The van der Waals surface area contributed by atoms with Crippen LogP contribution in [0.4, 0.5) is 0 Å². The molecule has 0 spiro atoms. The van der Waals surface area contributed by atoms with Crippen LogP contribution in [0, 0.1) is 11.8 Å². The first-order chi connectivity index (χ1) is 13.4. The number of likely N-dealkylation sites (tertiary alicyclic amines) is 1. The van der Waals surface area contributed by atoms with Crippen LogP contribution in [0.3, 0.4) is 0 Å². The number of piperidine rings is 1. The van der Waals surface area contributed by atoms with E-state index in [0.717, 1.165) is 17.5 Å². The first kappa shape index (κ1) is 20.1. The number of rotatable bonds is 6. The first-order valence-corrected chi connectivity index (χ1v) is 10.1. The summed E-state index contributed by atoms with van der Waals surface area (Å²) in [6.07, 6.45) is 1.62. The molecule has 0 bridgehead atoms. The molecule has 1 aliphatic rings. The van der Waals surface area contributed by atoms with Crippen molar-refractivity contribution in [3.63, 3.8) is 0 Å². The Morgan fingerprint density at radius 1 is 0.964 bits per heavy atom. The zero-order valence-corrected chi connectivity index (χ0v) is 16.7. The molecule has 2 aromatic carbocycles. The van der Waals surface area contributed by atoms with Crippen molar-refractivity contribution in [1.82, 2.24) is 4.90 Å². The third-order valence-corrected chi connectivity index (χ3v) is 6.08. The van der Waals surface area contributed by atoms with Gasteiger partial charge in [0.15, 0.2) is 0 Å². The summed E-state index contributed by atoms with van der Waals surface area (Å²) < 4.78 is 0. The molecule has 0 radical (unpaired) electrons. The summed E-state index contributed by atoms with van der Waals surface area (Å²) >= 11 is 0. The maximum atomic E-state index is 13.2. The van der Waals surface area contributed by atoms with Crippen LogP contribution < -0.4 is 0 Å². The lowest BCUT2D eigenvalue weighted by Crippen LogP contribution is -2.51. The summed E-state index contributed by atoms with van der Waals surface area (Å²) in [5.41, 5.74) is 1.10. The van der Waals surface area contributed by atoms with Gasteiger partial charge in [-0.15, -0.1) is 0 Å². The molecule has 4 nitrogen and oxygen atoms in total. The fraction of sp³-hybridized carbons (Fsp3) is 0.417. The fourth-order valence-corrected chi connectivity index (χ4v) is 4.20. The van der Waals surface area contributed by atoms with Crippen LogP contribution in [0.25, 0.3) is 0 Å². The molecule has 1 atom stereocenters. The predicted octanol–water partition coefficient (Wildman–Crippen LogP) is 4.15. The molecular formula is C24H29NO3. The number of aliphatic carboxylic acids is 1. The normalized spacial score (nSPS) is 17.3. The van der Waals surface area contributed by atoms with E-state index in [0.29, 0.717) is 25.9 Å². The molecule has 148 valence electrons. The van der Waals surface area contributed by atoms with E-state index in [9.17, 15) is 14.7 Å². The van der Waals surface area contributed by atoms with Crippen LogP contribution in [0.1, 0.15) is 37.8 Å². The highest BCUT2D eigenvalue weighted by Gasteiger charge is 2.44. The average molecular weight is 380 g/mol. The second-order valence-corrected chi connectivity index (χ2v) is 8.12. The van der Waals surface area contributed by atoms with Gasteiger partial charge in [-0.05, 0) is 36.3 Å². The van der Waals surface area contributed by atoms with Crippen molar-refractivity contribution < 1.29 is 14.7 Å². The second-order valence-electron chi connectivity index (χ2n) is 8.12. The van der Waals surface area contributed by atoms with Crippen molar-refractivity contribution in [1.29, 1.82) is 0 Å². The Bertz CT molecular complexity index is 793. The average Bonchev–Trinajstić information content (AvgIpc) is 2.72. The van der Waals surface area contributed by atoms with Crippen molar-refractivity contribution in [2.75, 3.05) is 13.1 Å². The first-order valence-electron chi connectivity index (χ1n) is 10.1. The zero-order valence-electron chi connectivity index (χ0n) is 16.7. The number of carboxylic acid groups (broad SMARTS) is 1. The van der Waals surface area contributed by atoms with Gasteiger partial charge >= 0.3 is 5.97 Å². The van der Waals surface area contributed by atoms with Gasteiger partial charge in [-0.25, -0.2) is 0 Å². The van der Waals surface area contributed by atoms with Crippen molar-refractivity contribution in [3.8, 4) is 0 Å². The number of carbonyl (C=O) groups excluding carboxylic acids is 1. The Balaban J connectivity index is 1.73. The minimum atomic E-state index is -0.898. The highest BCUT2D eigenvalue weighted by molar-refractivity contribution is 5.83. The van der Waals surface area contributed by atoms with Crippen LogP contribution in [0.5, 0.6) is 0 Å². The van der Waals surface area contributed by atoms with Gasteiger partial charge in [-0.1, -0.05) is 74.5 Å². The number of hydrogen-bond donors (Lipinski definition) is 1. The van der Waals surface area contributed by atoms with E-state index < -0.39 is 11.4 Å². The Labute approximate surface area is 167 Å². The van der Waals surface area contributed by atoms with Gasteiger partial charge in [0.2, 0.25) is 5.91 Å². The second kappa shape index (κ2) is 8.59. The van der Waals surface area contributed by atoms with Crippen molar-refractivity contribution in [2.45, 2.75) is 38.5 Å². The Morgan fingerprint density at radius 3 is 2.00 bits per heavy atom. The lowest BCUT2D eigenvalue weighted by atomic mass is 9.72. The molecule has 0 saturated carbocycles. The summed E-state index contributed by atoms with van der Waals surface area (Å²) in [5.74, 6) is -0.508. The number of carbonyl (C=O) groups is 2. The molecule has 0 aromatic heterocycles. The van der Waals surface area contributed by atoms with Crippen LogP contribution >= 0.6 is 0 Å². The van der Waals surface area contributed by atoms with E-state index in [-0.39, 0.29) is 17.7 Å². The van der Waals surface area contributed by atoms with E-state index in [1.807, 2.05) is 53.4 Å². The van der Waals surface area contributed by atoms with E-state index in [1.165, 1.54) is 0 Å². The molecule has 1 heterocycles. The van der Waals surface area contributed by atoms with Crippen molar-refractivity contribution in [3.05, 3.63) is 71.8 Å². The van der Waals surface area contributed by atoms with Gasteiger partial charge in [0, 0.05) is 19.0 Å². The van der Waals surface area contributed by atoms with Gasteiger partial charge in [-0.3, -0.25) is 9.59 Å². The summed E-state index contributed by atoms with van der Waals surface area (Å²) in [4.78, 5) is 27.2. The largest absolute Gasteiger partial charge is 0.481 e. The molecule has 1 fully saturated rings. The van der Waals surface area contributed by atoms with E-state index in [1.54, 1.807) is 0 Å². The van der Waals surface area contributed by atoms with Gasteiger partial charge in [-0.2, -0.15) is 0 Å². The molecule has 3 rings (SSSR count). The highest BCUT2D eigenvalue weighted by atomic mass is 16.4. The zero-order chi connectivity index (χ0) is 20.1. The van der Waals surface area contributed by atoms with Gasteiger partial charge in [0.1, 0.15) is 0 Å². The van der Waals surface area contributed by atoms with Gasteiger partial charge in [0.05, 0.1) is 5.41 Å². The minimum absolute atomic E-state index is 0.0866. The molecule has 1 unspecified atom stereocenters. The van der Waals surface area contributed by atoms with E-state index >= 15 is 0 Å². The van der Waals surface area contributed by atoms with E-state index in [2.05, 4.69) is 26.0 Å². The van der Waals surface area contributed by atoms with Crippen LogP contribution in [0.15, 0.2) is 60.7 Å². The lowest BCUT2D eigenvalue weighted by Gasteiger charge is -2.40. The molecule has 1 saturated heterocycles. The lowest BCUT2D eigenvalue weighted by molar-refractivity contribution is -0.149. The molecular weight excluding hydrogens is 350 g/mol. The highest BCUT2D eigenvalue weighted by Crippen LogP contribution is 2.36. The topological polar surface area (TPSA) is 57.6 Å². The molecule has 1 N–H and O–H groups in total. The molecule has 4 heteroatoms. The molecule has 1 aliphatic heterocycles. The monoisotopic (exact) mass is 379 g/mol. The van der Waals surface area contributed by atoms with Gasteiger partial charge in [0.25, 0.3) is 0 Å². The molecule has 1 amide bonds. The summed E-state index contributed by atoms with van der Waals surface area (Å²) in [5, 5.41) is 9.96. The third kappa shape index (κ3) is 4.11. The van der Waals surface area contributed by atoms with Gasteiger partial charge < -0.3 is 10.0 Å². The third-order valence-electron chi connectivity index (χ3n) is 6.08. The molecule has 2 aromatic rings. The quantitative estimate of drug-likeness (QED) is 0.820. The maximum absolute atomic E-state index is 13.2. The minimum Gasteiger partial charge on any atom is -0.481 e. The predicted molar refractivity (Wildman–Crippen MR) is 110 cm³/mol. The fourth-order valence-electron chi connectivity index (χ4n) is 4.20. The Hall–Kier alpha value is -2.62. The summed E-state index contributed by atoms with van der Waals surface area (Å²) in [6, 6.07) is 19.5. The Morgan fingerprint density at radius 2 is 1.50 bits per heavy atom. The SMILES string of the molecule is CC(C)C(Cc1ccccc1)C(=O)N1CCC(C(=O)O)(c2ccccc2)CC1. The number of carboxylic acids is 1. The van der Waals surface area contributed by atoms with Crippen LogP contribution in [0.2, 0.25) is 0 Å². The molecule has 28 heavy (non-hydrogen) atoms. The van der Waals surface area contributed by atoms with Crippen molar-refractivity contribution >= 4 is 11.9 Å². The maximum Gasteiger partial charge on any atom is 0.314 e.